The number of aryl methyl sites for hydroxylation is 2. The van der Waals surface area contributed by atoms with Gasteiger partial charge < -0.3 is 9.84 Å². The zero-order valence-electron chi connectivity index (χ0n) is 21.2. The van der Waals surface area contributed by atoms with Crippen LogP contribution in [0.25, 0.3) is 17.0 Å². The summed E-state index contributed by atoms with van der Waals surface area (Å²) in [7, 11) is 0. The SMILES string of the molecule is CCc1ccc(CN2C(=O)NC(c3ccc(CC)cc3)C(c3nc(-c4cccc(F)c4)no3)=C2C)cc1. The average molecular weight is 497 g/mol. The Balaban J connectivity index is 1.57. The minimum Gasteiger partial charge on any atom is -0.334 e. The van der Waals surface area contributed by atoms with E-state index >= 15 is 0 Å². The lowest BCUT2D eigenvalue weighted by atomic mass is 9.93. The highest BCUT2D eigenvalue weighted by Gasteiger charge is 2.35. The molecule has 1 aromatic heterocycles. The van der Waals surface area contributed by atoms with Crippen LogP contribution in [-0.4, -0.2) is 21.1 Å². The Morgan fingerprint density at radius 3 is 2.24 bits per heavy atom. The Morgan fingerprint density at radius 2 is 1.59 bits per heavy atom. The zero-order chi connectivity index (χ0) is 25.9. The summed E-state index contributed by atoms with van der Waals surface area (Å²) in [5.41, 5.74) is 6.33. The first-order valence-corrected chi connectivity index (χ1v) is 12.5. The van der Waals surface area contributed by atoms with Crippen LogP contribution in [0.2, 0.25) is 0 Å². The van der Waals surface area contributed by atoms with Crippen LogP contribution >= 0.6 is 0 Å². The van der Waals surface area contributed by atoms with Crippen molar-refractivity contribution in [2.75, 3.05) is 0 Å². The third kappa shape index (κ3) is 5.03. The third-order valence-electron chi connectivity index (χ3n) is 6.83. The molecule has 2 heterocycles. The van der Waals surface area contributed by atoms with Gasteiger partial charge in [-0.25, -0.2) is 9.18 Å². The van der Waals surface area contributed by atoms with Gasteiger partial charge in [0.05, 0.1) is 18.2 Å². The molecule has 0 fully saturated rings. The van der Waals surface area contributed by atoms with E-state index in [0.29, 0.717) is 17.7 Å². The average Bonchev–Trinajstić information content (AvgIpc) is 3.41. The Morgan fingerprint density at radius 1 is 0.946 bits per heavy atom. The van der Waals surface area contributed by atoms with Crippen LogP contribution in [0.5, 0.6) is 0 Å². The highest BCUT2D eigenvalue weighted by molar-refractivity contribution is 5.86. The number of benzene rings is 3. The van der Waals surface area contributed by atoms with Gasteiger partial charge in [0, 0.05) is 11.3 Å². The summed E-state index contributed by atoms with van der Waals surface area (Å²) >= 11 is 0. The van der Waals surface area contributed by atoms with Gasteiger partial charge in [-0.05, 0) is 54.2 Å². The van der Waals surface area contributed by atoms with Crippen molar-refractivity contribution in [1.29, 1.82) is 0 Å². The molecule has 1 atom stereocenters. The van der Waals surface area contributed by atoms with Gasteiger partial charge in [0.1, 0.15) is 5.82 Å². The summed E-state index contributed by atoms with van der Waals surface area (Å²) in [6, 6.07) is 21.8. The van der Waals surface area contributed by atoms with Crippen LogP contribution < -0.4 is 5.32 Å². The van der Waals surface area contributed by atoms with E-state index in [4.69, 9.17) is 4.52 Å². The molecule has 3 aromatic carbocycles. The Bertz CT molecular complexity index is 1440. The largest absolute Gasteiger partial charge is 0.334 e. The van der Waals surface area contributed by atoms with Gasteiger partial charge in [0.15, 0.2) is 0 Å². The molecule has 0 bridgehead atoms. The van der Waals surface area contributed by atoms with Crippen LogP contribution in [0.3, 0.4) is 0 Å². The fourth-order valence-electron chi connectivity index (χ4n) is 4.59. The van der Waals surface area contributed by atoms with Crippen molar-refractivity contribution < 1.29 is 13.7 Å². The number of hydrogen-bond acceptors (Lipinski definition) is 4. The second-order valence-corrected chi connectivity index (χ2v) is 9.17. The number of carbonyl (C=O) groups is 1. The summed E-state index contributed by atoms with van der Waals surface area (Å²) in [5.74, 6) is 0.194. The van der Waals surface area contributed by atoms with Crippen molar-refractivity contribution in [3.8, 4) is 11.4 Å². The molecule has 37 heavy (non-hydrogen) atoms. The molecule has 1 N–H and O–H groups in total. The zero-order valence-corrected chi connectivity index (χ0v) is 21.2. The van der Waals surface area contributed by atoms with Crippen molar-refractivity contribution >= 4 is 11.6 Å². The molecule has 6 nitrogen and oxygen atoms in total. The monoisotopic (exact) mass is 496 g/mol. The van der Waals surface area contributed by atoms with Crippen molar-refractivity contribution in [2.45, 2.75) is 46.2 Å². The maximum atomic E-state index is 13.8. The van der Waals surface area contributed by atoms with E-state index < -0.39 is 6.04 Å². The van der Waals surface area contributed by atoms with Crippen LogP contribution in [0.15, 0.2) is 83.0 Å². The van der Waals surface area contributed by atoms with E-state index in [-0.39, 0.29) is 23.6 Å². The highest BCUT2D eigenvalue weighted by Crippen LogP contribution is 2.38. The molecule has 188 valence electrons. The highest BCUT2D eigenvalue weighted by atomic mass is 19.1. The number of aromatic nitrogens is 2. The molecule has 1 aliphatic heterocycles. The molecule has 1 aliphatic rings. The quantitative estimate of drug-likeness (QED) is 0.309. The number of allylic oxidation sites excluding steroid dienone is 1. The minimum atomic E-state index is -0.474. The minimum absolute atomic E-state index is 0.199. The fraction of sp³-hybridized carbons (Fsp3) is 0.233. The van der Waals surface area contributed by atoms with Crippen LogP contribution in [0.1, 0.15) is 55.0 Å². The van der Waals surface area contributed by atoms with Crippen molar-refractivity contribution in [2.24, 2.45) is 0 Å². The normalized spacial score (nSPS) is 15.7. The molecule has 1 unspecified atom stereocenters. The van der Waals surface area contributed by atoms with Gasteiger partial charge >= 0.3 is 6.03 Å². The van der Waals surface area contributed by atoms with E-state index in [9.17, 15) is 9.18 Å². The Kier molecular flexibility index (Phi) is 6.86. The van der Waals surface area contributed by atoms with Gasteiger partial charge in [0.25, 0.3) is 5.89 Å². The number of amides is 2. The second kappa shape index (κ2) is 10.4. The summed E-state index contributed by atoms with van der Waals surface area (Å²) in [5, 5.41) is 7.26. The first-order valence-electron chi connectivity index (χ1n) is 12.5. The molecule has 7 heteroatoms. The fourth-order valence-corrected chi connectivity index (χ4v) is 4.59. The first-order chi connectivity index (χ1) is 18.0. The Labute approximate surface area is 215 Å². The number of nitrogens with one attached hydrogen (secondary N) is 1. The predicted octanol–water partition coefficient (Wildman–Crippen LogP) is 6.70. The van der Waals surface area contributed by atoms with E-state index in [1.807, 2.05) is 31.2 Å². The number of rotatable bonds is 7. The van der Waals surface area contributed by atoms with Gasteiger partial charge in [-0.1, -0.05) is 79.7 Å². The number of halogens is 1. The number of urea groups is 1. The molecule has 0 spiro atoms. The van der Waals surface area contributed by atoms with Gasteiger partial charge in [-0.15, -0.1) is 0 Å². The first kappa shape index (κ1) is 24.4. The molecule has 4 aromatic rings. The summed E-state index contributed by atoms with van der Waals surface area (Å²) in [6.07, 6.45) is 1.88. The third-order valence-corrected chi connectivity index (χ3v) is 6.83. The summed E-state index contributed by atoms with van der Waals surface area (Å²) in [4.78, 5) is 19.7. The second-order valence-electron chi connectivity index (χ2n) is 9.17. The molecular formula is C30H29FN4O2. The molecule has 5 rings (SSSR count). The van der Waals surface area contributed by atoms with Crippen molar-refractivity contribution in [3.63, 3.8) is 0 Å². The topological polar surface area (TPSA) is 71.3 Å². The molecular weight excluding hydrogens is 467 g/mol. The molecule has 0 radical (unpaired) electrons. The molecule has 0 saturated heterocycles. The van der Waals surface area contributed by atoms with Gasteiger partial charge in [-0.3, -0.25) is 4.90 Å². The summed E-state index contributed by atoms with van der Waals surface area (Å²) in [6.45, 7) is 6.51. The van der Waals surface area contributed by atoms with Crippen LogP contribution in [0, 0.1) is 5.82 Å². The molecule has 2 amide bonds. The number of hydrogen-bond donors (Lipinski definition) is 1. The number of nitrogens with zero attached hydrogens (tertiary/aromatic N) is 3. The standard InChI is InChI=1S/C30H29FN4O2/c1-4-20-9-11-22(12-10-20)18-35-19(3)26(27(32-30(35)36)23-15-13-21(5-2)14-16-23)29-33-28(34-37-29)24-7-6-8-25(31)17-24/h6-17,27H,4-5,18H2,1-3H3,(H,32,36). The van der Waals surface area contributed by atoms with Crippen molar-refractivity contribution in [1.82, 2.24) is 20.4 Å². The lowest BCUT2D eigenvalue weighted by Crippen LogP contribution is -2.45. The van der Waals surface area contributed by atoms with E-state index in [1.165, 1.54) is 23.3 Å². The lowest BCUT2D eigenvalue weighted by Gasteiger charge is -2.35. The van der Waals surface area contributed by atoms with E-state index in [2.05, 4.69) is 53.6 Å². The van der Waals surface area contributed by atoms with E-state index in [0.717, 1.165) is 29.7 Å². The molecule has 0 aliphatic carbocycles. The van der Waals surface area contributed by atoms with Gasteiger partial charge in [-0.2, -0.15) is 4.98 Å². The maximum absolute atomic E-state index is 13.8. The predicted molar refractivity (Wildman–Crippen MR) is 141 cm³/mol. The van der Waals surface area contributed by atoms with Crippen LogP contribution in [0.4, 0.5) is 9.18 Å². The lowest BCUT2D eigenvalue weighted by molar-refractivity contribution is 0.203. The smallest absolute Gasteiger partial charge is 0.322 e. The van der Waals surface area contributed by atoms with E-state index in [1.54, 1.807) is 17.0 Å². The van der Waals surface area contributed by atoms with Crippen LogP contribution in [-0.2, 0) is 19.4 Å². The maximum Gasteiger partial charge on any atom is 0.322 e. The Hall–Kier alpha value is -4.26. The van der Waals surface area contributed by atoms with Crippen molar-refractivity contribution in [3.05, 3.63) is 112 Å². The summed E-state index contributed by atoms with van der Waals surface area (Å²) < 4.78 is 19.5. The molecule has 0 saturated carbocycles. The number of carbonyl (C=O) groups excluding carboxylic acids is 1. The van der Waals surface area contributed by atoms with Gasteiger partial charge in [0.2, 0.25) is 5.82 Å².